The first kappa shape index (κ1) is 9.53. The SMILES string of the molecule is Cc1ccc2c(c1C)NC(C)CC2N. The molecule has 1 heterocycles. The Balaban J connectivity index is 2.54. The fourth-order valence-corrected chi connectivity index (χ4v) is 2.15. The maximum Gasteiger partial charge on any atom is 0.0423 e. The van der Waals surface area contributed by atoms with Crippen LogP contribution in [0.2, 0.25) is 0 Å². The standard InChI is InChI=1S/C12H18N2/c1-7-4-5-10-11(13)6-8(2)14-12(10)9(7)3/h4-5,8,11,14H,6,13H2,1-3H3. The first-order valence-corrected chi connectivity index (χ1v) is 5.22. The highest BCUT2D eigenvalue weighted by Gasteiger charge is 2.22. The largest absolute Gasteiger partial charge is 0.382 e. The zero-order valence-corrected chi connectivity index (χ0v) is 9.09. The minimum absolute atomic E-state index is 0.195. The molecule has 0 saturated heterocycles. The molecular weight excluding hydrogens is 172 g/mol. The third-order valence-electron chi connectivity index (χ3n) is 3.17. The third kappa shape index (κ3) is 1.40. The van der Waals surface area contributed by atoms with Gasteiger partial charge in [-0.1, -0.05) is 12.1 Å². The van der Waals surface area contributed by atoms with E-state index in [2.05, 4.69) is 38.2 Å². The molecule has 1 aromatic rings. The van der Waals surface area contributed by atoms with E-state index in [9.17, 15) is 0 Å². The van der Waals surface area contributed by atoms with E-state index in [0.717, 1.165) is 6.42 Å². The van der Waals surface area contributed by atoms with E-state index in [1.165, 1.54) is 22.4 Å². The van der Waals surface area contributed by atoms with Gasteiger partial charge < -0.3 is 11.1 Å². The summed E-state index contributed by atoms with van der Waals surface area (Å²) in [4.78, 5) is 0. The van der Waals surface area contributed by atoms with Crippen LogP contribution in [0.25, 0.3) is 0 Å². The molecule has 2 atom stereocenters. The van der Waals surface area contributed by atoms with Gasteiger partial charge in [-0.15, -0.1) is 0 Å². The Hall–Kier alpha value is -1.02. The Kier molecular flexibility index (Phi) is 2.23. The van der Waals surface area contributed by atoms with Crippen LogP contribution >= 0.6 is 0 Å². The van der Waals surface area contributed by atoms with Crippen molar-refractivity contribution in [3.8, 4) is 0 Å². The Bertz CT molecular complexity index is 358. The van der Waals surface area contributed by atoms with Crippen molar-refractivity contribution in [1.29, 1.82) is 0 Å². The number of anilines is 1. The summed E-state index contributed by atoms with van der Waals surface area (Å²) in [7, 11) is 0. The number of benzene rings is 1. The molecule has 3 N–H and O–H groups in total. The molecular formula is C12H18N2. The first-order valence-electron chi connectivity index (χ1n) is 5.22. The molecule has 1 aliphatic rings. The highest BCUT2D eigenvalue weighted by molar-refractivity contribution is 5.62. The van der Waals surface area contributed by atoms with E-state index in [-0.39, 0.29) is 6.04 Å². The number of rotatable bonds is 0. The van der Waals surface area contributed by atoms with Crippen molar-refractivity contribution in [3.05, 3.63) is 28.8 Å². The second-order valence-corrected chi connectivity index (χ2v) is 4.36. The Morgan fingerprint density at radius 2 is 2.07 bits per heavy atom. The maximum atomic E-state index is 6.12. The second-order valence-electron chi connectivity index (χ2n) is 4.36. The summed E-state index contributed by atoms with van der Waals surface area (Å²) in [5.74, 6) is 0. The van der Waals surface area contributed by atoms with Crippen LogP contribution in [0.4, 0.5) is 5.69 Å². The van der Waals surface area contributed by atoms with Crippen LogP contribution in [0.5, 0.6) is 0 Å². The van der Waals surface area contributed by atoms with E-state index in [1.54, 1.807) is 0 Å². The van der Waals surface area contributed by atoms with Gasteiger partial charge in [-0.05, 0) is 43.9 Å². The number of hydrogen-bond donors (Lipinski definition) is 2. The van der Waals surface area contributed by atoms with Crippen LogP contribution in [0.3, 0.4) is 0 Å². The Morgan fingerprint density at radius 3 is 2.79 bits per heavy atom. The number of fused-ring (bicyclic) bond motifs is 1. The van der Waals surface area contributed by atoms with Crippen LogP contribution in [0.1, 0.15) is 36.1 Å². The zero-order chi connectivity index (χ0) is 10.3. The van der Waals surface area contributed by atoms with Gasteiger partial charge in [-0.25, -0.2) is 0 Å². The lowest BCUT2D eigenvalue weighted by molar-refractivity contribution is 0.569. The molecule has 0 aromatic heterocycles. The molecule has 2 unspecified atom stereocenters. The van der Waals surface area contributed by atoms with Gasteiger partial charge in [0.2, 0.25) is 0 Å². The van der Waals surface area contributed by atoms with E-state index in [1.807, 2.05) is 0 Å². The molecule has 2 rings (SSSR count). The average molecular weight is 190 g/mol. The summed E-state index contributed by atoms with van der Waals surface area (Å²) in [5, 5.41) is 3.52. The molecule has 76 valence electrons. The molecule has 0 fully saturated rings. The summed E-state index contributed by atoms with van der Waals surface area (Å²) in [5.41, 5.74) is 11.3. The normalized spacial score (nSPS) is 25.4. The molecule has 14 heavy (non-hydrogen) atoms. The van der Waals surface area contributed by atoms with Crippen LogP contribution in [-0.2, 0) is 0 Å². The average Bonchev–Trinajstić information content (AvgIpc) is 2.12. The number of nitrogens with one attached hydrogen (secondary N) is 1. The molecule has 0 saturated carbocycles. The molecule has 0 spiro atoms. The lowest BCUT2D eigenvalue weighted by Crippen LogP contribution is -2.30. The minimum atomic E-state index is 0.195. The topological polar surface area (TPSA) is 38.0 Å². The molecule has 2 heteroatoms. The van der Waals surface area contributed by atoms with Gasteiger partial charge in [0.1, 0.15) is 0 Å². The van der Waals surface area contributed by atoms with E-state index < -0.39 is 0 Å². The van der Waals surface area contributed by atoms with Gasteiger partial charge in [0, 0.05) is 17.8 Å². The quantitative estimate of drug-likeness (QED) is 0.659. The number of nitrogens with two attached hydrogens (primary N) is 1. The van der Waals surface area contributed by atoms with Gasteiger partial charge in [0.15, 0.2) is 0 Å². The second kappa shape index (κ2) is 3.28. The van der Waals surface area contributed by atoms with E-state index >= 15 is 0 Å². The molecule has 1 aliphatic heterocycles. The predicted molar refractivity (Wildman–Crippen MR) is 60.5 cm³/mol. The first-order chi connectivity index (χ1) is 6.59. The van der Waals surface area contributed by atoms with Crippen molar-refractivity contribution in [2.75, 3.05) is 5.32 Å². The summed E-state index contributed by atoms with van der Waals surface area (Å²) in [6, 6.07) is 4.99. The minimum Gasteiger partial charge on any atom is -0.382 e. The maximum absolute atomic E-state index is 6.12. The molecule has 0 amide bonds. The highest BCUT2D eigenvalue weighted by Crippen LogP contribution is 2.34. The molecule has 2 nitrogen and oxygen atoms in total. The van der Waals surface area contributed by atoms with Crippen molar-refractivity contribution in [2.45, 2.75) is 39.3 Å². The summed E-state index contributed by atoms with van der Waals surface area (Å²) in [6.07, 6.45) is 1.02. The third-order valence-corrected chi connectivity index (χ3v) is 3.17. The van der Waals surface area contributed by atoms with Crippen molar-refractivity contribution < 1.29 is 0 Å². The van der Waals surface area contributed by atoms with Crippen LogP contribution in [-0.4, -0.2) is 6.04 Å². The van der Waals surface area contributed by atoms with Crippen LogP contribution in [0, 0.1) is 13.8 Å². The predicted octanol–water partition coefficient (Wildman–Crippen LogP) is 2.51. The van der Waals surface area contributed by atoms with Crippen molar-refractivity contribution in [1.82, 2.24) is 0 Å². The monoisotopic (exact) mass is 190 g/mol. The van der Waals surface area contributed by atoms with Gasteiger partial charge in [0.25, 0.3) is 0 Å². The zero-order valence-electron chi connectivity index (χ0n) is 9.09. The van der Waals surface area contributed by atoms with E-state index in [0.29, 0.717) is 6.04 Å². The fraction of sp³-hybridized carbons (Fsp3) is 0.500. The van der Waals surface area contributed by atoms with Crippen LogP contribution in [0.15, 0.2) is 12.1 Å². The highest BCUT2D eigenvalue weighted by atomic mass is 14.9. The fourth-order valence-electron chi connectivity index (χ4n) is 2.15. The summed E-state index contributed by atoms with van der Waals surface area (Å²) < 4.78 is 0. The van der Waals surface area contributed by atoms with Gasteiger partial charge in [-0.2, -0.15) is 0 Å². The molecule has 0 radical (unpaired) electrons. The number of aryl methyl sites for hydroxylation is 1. The van der Waals surface area contributed by atoms with Gasteiger partial charge in [0.05, 0.1) is 0 Å². The smallest absolute Gasteiger partial charge is 0.0423 e. The van der Waals surface area contributed by atoms with Gasteiger partial charge >= 0.3 is 0 Å². The van der Waals surface area contributed by atoms with Crippen molar-refractivity contribution in [2.24, 2.45) is 5.73 Å². The Morgan fingerprint density at radius 1 is 1.36 bits per heavy atom. The Labute approximate surface area is 85.5 Å². The summed E-state index contributed by atoms with van der Waals surface area (Å²) in [6.45, 7) is 6.48. The lowest BCUT2D eigenvalue weighted by atomic mass is 9.90. The lowest BCUT2D eigenvalue weighted by Gasteiger charge is -2.31. The number of hydrogen-bond acceptors (Lipinski definition) is 2. The molecule has 0 aliphatic carbocycles. The van der Waals surface area contributed by atoms with E-state index in [4.69, 9.17) is 5.73 Å². The van der Waals surface area contributed by atoms with Crippen LogP contribution < -0.4 is 11.1 Å². The molecule has 1 aromatic carbocycles. The molecule has 0 bridgehead atoms. The van der Waals surface area contributed by atoms with Crippen molar-refractivity contribution in [3.63, 3.8) is 0 Å². The van der Waals surface area contributed by atoms with Crippen molar-refractivity contribution >= 4 is 5.69 Å². The summed E-state index contributed by atoms with van der Waals surface area (Å²) >= 11 is 0. The van der Waals surface area contributed by atoms with Gasteiger partial charge in [-0.3, -0.25) is 0 Å².